The van der Waals surface area contributed by atoms with Crippen LogP contribution in [-0.4, -0.2) is 6.54 Å². The van der Waals surface area contributed by atoms with E-state index in [4.69, 9.17) is 5.26 Å². The Hall–Kier alpha value is -2.41. The molecule has 0 aliphatic carbocycles. The average Bonchev–Trinajstić information content (AvgIpc) is 2.49. The molecule has 2 aromatic rings. The summed E-state index contributed by atoms with van der Waals surface area (Å²) in [6, 6.07) is 10.5. The summed E-state index contributed by atoms with van der Waals surface area (Å²) in [5.41, 5.74) is 3.14. The third-order valence-electron chi connectivity index (χ3n) is 3.83. The molecule has 0 spiro atoms. The van der Waals surface area contributed by atoms with E-state index in [0.717, 1.165) is 29.7 Å². The van der Waals surface area contributed by atoms with Crippen LogP contribution in [0.4, 0.5) is 20.2 Å². The molecule has 1 heterocycles. The van der Waals surface area contributed by atoms with Crippen LogP contribution in [0, 0.1) is 29.9 Å². The van der Waals surface area contributed by atoms with Gasteiger partial charge in [0.05, 0.1) is 11.3 Å². The Bertz CT molecular complexity index is 747. The highest BCUT2D eigenvalue weighted by Crippen LogP contribution is 2.36. The minimum Gasteiger partial charge on any atom is -0.339 e. The molecule has 0 radical (unpaired) electrons. The molecule has 0 atom stereocenters. The van der Waals surface area contributed by atoms with E-state index in [2.05, 4.69) is 6.07 Å². The fraction of sp³-hybridized carbons (Fsp3) is 0.235. The summed E-state index contributed by atoms with van der Waals surface area (Å²) >= 11 is 0. The van der Waals surface area contributed by atoms with Crippen molar-refractivity contribution >= 4 is 11.4 Å². The van der Waals surface area contributed by atoms with Crippen molar-refractivity contribution in [3.63, 3.8) is 0 Å². The van der Waals surface area contributed by atoms with Crippen molar-refractivity contribution in [2.24, 2.45) is 0 Å². The number of rotatable bonds is 1. The molecule has 3 rings (SSSR count). The molecule has 0 N–H and O–H groups in total. The fourth-order valence-electron chi connectivity index (χ4n) is 2.81. The van der Waals surface area contributed by atoms with Gasteiger partial charge in [-0.25, -0.2) is 8.78 Å². The summed E-state index contributed by atoms with van der Waals surface area (Å²) in [5.74, 6) is -2.03. The van der Waals surface area contributed by atoms with E-state index in [9.17, 15) is 8.78 Å². The number of nitriles is 1. The van der Waals surface area contributed by atoms with Crippen molar-refractivity contribution < 1.29 is 8.78 Å². The molecule has 0 saturated carbocycles. The minimum absolute atomic E-state index is 0.191. The molecule has 21 heavy (non-hydrogen) atoms. The molecule has 0 amide bonds. The van der Waals surface area contributed by atoms with Gasteiger partial charge in [0, 0.05) is 12.2 Å². The number of halogens is 2. The van der Waals surface area contributed by atoms with Crippen molar-refractivity contribution in [1.29, 1.82) is 5.26 Å². The molecule has 0 saturated heterocycles. The highest BCUT2D eigenvalue weighted by Gasteiger charge is 2.23. The fourth-order valence-corrected chi connectivity index (χ4v) is 2.81. The van der Waals surface area contributed by atoms with Crippen LogP contribution in [0.15, 0.2) is 30.3 Å². The Morgan fingerprint density at radius 2 is 1.86 bits per heavy atom. The van der Waals surface area contributed by atoms with Gasteiger partial charge >= 0.3 is 0 Å². The summed E-state index contributed by atoms with van der Waals surface area (Å²) in [7, 11) is 0. The van der Waals surface area contributed by atoms with Crippen LogP contribution in [0.2, 0.25) is 0 Å². The van der Waals surface area contributed by atoms with E-state index in [0.29, 0.717) is 6.54 Å². The largest absolute Gasteiger partial charge is 0.339 e. The summed E-state index contributed by atoms with van der Waals surface area (Å²) in [6.45, 7) is 2.65. The van der Waals surface area contributed by atoms with Crippen molar-refractivity contribution in [2.75, 3.05) is 11.4 Å². The maximum Gasteiger partial charge on any atom is 0.183 e. The Kier molecular flexibility index (Phi) is 3.34. The average molecular weight is 284 g/mol. The van der Waals surface area contributed by atoms with Crippen molar-refractivity contribution in [2.45, 2.75) is 19.8 Å². The monoisotopic (exact) mass is 284 g/mol. The third-order valence-corrected chi connectivity index (χ3v) is 3.83. The highest BCUT2D eigenvalue weighted by molar-refractivity contribution is 5.69. The molecular weight excluding hydrogens is 270 g/mol. The van der Waals surface area contributed by atoms with E-state index in [1.807, 2.05) is 19.1 Å². The first kappa shape index (κ1) is 13.6. The first-order chi connectivity index (χ1) is 10.1. The zero-order valence-corrected chi connectivity index (χ0v) is 11.7. The van der Waals surface area contributed by atoms with E-state index in [-0.39, 0.29) is 11.3 Å². The van der Waals surface area contributed by atoms with E-state index in [1.54, 1.807) is 11.0 Å². The first-order valence-electron chi connectivity index (χ1n) is 6.87. The van der Waals surface area contributed by atoms with Gasteiger partial charge in [0.15, 0.2) is 11.6 Å². The predicted molar refractivity (Wildman–Crippen MR) is 77.6 cm³/mol. The lowest BCUT2D eigenvalue weighted by Gasteiger charge is -2.32. The maximum atomic E-state index is 14.2. The van der Waals surface area contributed by atoms with Gasteiger partial charge in [0.2, 0.25) is 0 Å². The van der Waals surface area contributed by atoms with Crippen LogP contribution in [-0.2, 0) is 6.42 Å². The molecule has 0 aromatic heterocycles. The summed E-state index contributed by atoms with van der Waals surface area (Å²) in [5, 5.41) is 8.76. The van der Waals surface area contributed by atoms with Gasteiger partial charge in [-0.2, -0.15) is 5.26 Å². The van der Waals surface area contributed by atoms with Crippen LogP contribution in [0.5, 0.6) is 0 Å². The second kappa shape index (κ2) is 5.17. The number of hydrogen-bond acceptors (Lipinski definition) is 2. The minimum atomic E-state index is -1.07. The number of nitrogens with zero attached hydrogens (tertiary/aromatic N) is 2. The SMILES string of the molecule is Cc1ccc2c(c1)CCCN2c1ccc(C#N)c(F)c1F. The topological polar surface area (TPSA) is 27.0 Å². The molecule has 2 aromatic carbocycles. The molecule has 0 bridgehead atoms. The Morgan fingerprint density at radius 3 is 2.62 bits per heavy atom. The lowest BCUT2D eigenvalue weighted by Crippen LogP contribution is -2.25. The number of hydrogen-bond donors (Lipinski definition) is 0. The lowest BCUT2D eigenvalue weighted by molar-refractivity contribution is 0.505. The van der Waals surface area contributed by atoms with E-state index < -0.39 is 11.6 Å². The number of benzene rings is 2. The van der Waals surface area contributed by atoms with Gasteiger partial charge < -0.3 is 4.90 Å². The number of anilines is 2. The Balaban J connectivity index is 2.12. The van der Waals surface area contributed by atoms with E-state index >= 15 is 0 Å². The summed E-state index contributed by atoms with van der Waals surface area (Å²) in [6.07, 6.45) is 1.82. The second-order valence-electron chi connectivity index (χ2n) is 5.26. The molecule has 106 valence electrons. The molecular formula is C17H14F2N2. The maximum absolute atomic E-state index is 14.2. The van der Waals surface area contributed by atoms with Gasteiger partial charge in [-0.1, -0.05) is 17.7 Å². The normalized spacial score (nSPS) is 13.7. The van der Waals surface area contributed by atoms with E-state index in [1.165, 1.54) is 12.1 Å². The zero-order chi connectivity index (χ0) is 15.0. The highest BCUT2D eigenvalue weighted by atomic mass is 19.2. The second-order valence-corrected chi connectivity index (χ2v) is 5.26. The van der Waals surface area contributed by atoms with Gasteiger partial charge in [-0.15, -0.1) is 0 Å². The standard InChI is InChI=1S/C17H14F2N2/c1-11-4-6-14-12(9-11)3-2-8-21(14)15-7-5-13(10-20)16(18)17(15)19/h4-7,9H,2-3,8H2,1H3. The summed E-state index contributed by atoms with van der Waals surface area (Å²) in [4.78, 5) is 1.79. The van der Waals surface area contributed by atoms with Crippen molar-refractivity contribution in [3.05, 3.63) is 58.7 Å². The Labute approximate surface area is 122 Å². The predicted octanol–water partition coefficient (Wildman–Crippen LogP) is 4.23. The van der Waals surface area contributed by atoms with Crippen LogP contribution in [0.3, 0.4) is 0 Å². The quantitative estimate of drug-likeness (QED) is 0.783. The Morgan fingerprint density at radius 1 is 1.10 bits per heavy atom. The first-order valence-corrected chi connectivity index (χ1v) is 6.87. The molecule has 0 fully saturated rings. The smallest absolute Gasteiger partial charge is 0.183 e. The lowest BCUT2D eigenvalue weighted by atomic mass is 9.98. The van der Waals surface area contributed by atoms with Crippen molar-refractivity contribution in [1.82, 2.24) is 0 Å². The van der Waals surface area contributed by atoms with Gasteiger partial charge in [0.1, 0.15) is 6.07 Å². The molecule has 2 nitrogen and oxygen atoms in total. The molecule has 0 unspecified atom stereocenters. The van der Waals surface area contributed by atoms with Crippen molar-refractivity contribution in [3.8, 4) is 6.07 Å². The number of aryl methyl sites for hydroxylation is 2. The molecule has 1 aliphatic rings. The van der Waals surface area contributed by atoms with Crippen LogP contribution in [0.1, 0.15) is 23.1 Å². The third kappa shape index (κ3) is 2.25. The molecule has 4 heteroatoms. The van der Waals surface area contributed by atoms with Gasteiger partial charge in [-0.3, -0.25) is 0 Å². The van der Waals surface area contributed by atoms with Gasteiger partial charge in [0.25, 0.3) is 0 Å². The molecule has 1 aliphatic heterocycles. The number of fused-ring (bicyclic) bond motifs is 1. The van der Waals surface area contributed by atoms with Crippen LogP contribution < -0.4 is 4.90 Å². The summed E-state index contributed by atoms with van der Waals surface area (Å²) < 4.78 is 28.1. The van der Waals surface area contributed by atoms with Gasteiger partial charge in [-0.05, 0) is 43.5 Å². The zero-order valence-electron chi connectivity index (χ0n) is 11.7. The van der Waals surface area contributed by atoms with Crippen LogP contribution in [0.25, 0.3) is 0 Å². The van der Waals surface area contributed by atoms with Crippen LogP contribution >= 0.6 is 0 Å².